The third-order valence-corrected chi connectivity index (χ3v) is 6.73. The predicted molar refractivity (Wildman–Crippen MR) is 132 cm³/mol. The number of rotatable bonds is 6. The number of pyridine rings is 2. The van der Waals surface area contributed by atoms with Crippen molar-refractivity contribution in [2.75, 3.05) is 6.61 Å². The molecule has 0 aliphatic carbocycles. The van der Waals surface area contributed by atoms with Gasteiger partial charge in [-0.25, -0.2) is 4.79 Å². The summed E-state index contributed by atoms with van der Waals surface area (Å²) in [5, 5.41) is 12.2. The normalized spacial score (nSPS) is 14.2. The molecule has 34 heavy (non-hydrogen) atoms. The molecule has 1 atom stereocenters. The SMILES string of the molecule is CCC(C)(C)O[C@H](C(=O)O)c1c(C)nc2ccccc2c1-c1ccc2c3c(ccnc13)CCO2. The second kappa shape index (κ2) is 8.37. The third kappa shape index (κ3) is 3.68. The van der Waals surface area contributed by atoms with Crippen LogP contribution in [0.3, 0.4) is 0 Å². The maximum Gasteiger partial charge on any atom is 0.337 e. The van der Waals surface area contributed by atoms with Crippen LogP contribution in [0.4, 0.5) is 0 Å². The van der Waals surface area contributed by atoms with Gasteiger partial charge in [0, 0.05) is 45.8 Å². The molecule has 174 valence electrons. The maximum absolute atomic E-state index is 12.6. The molecular weight excluding hydrogens is 428 g/mol. The second-order valence-corrected chi connectivity index (χ2v) is 9.36. The molecule has 2 aromatic heterocycles. The summed E-state index contributed by atoms with van der Waals surface area (Å²) >= 11 is 0. The number of fused-ring (bicyclic) bond motifs is 1. The standard InChI is InChI=1S/C28H28N2O4/c1-5-28(3,4)34-26(27(31)32)22-16(2)30-20-9-7-6-8-18(20)24(22)19-10-11-21-23-17(13-15-33-21)12-14-29-25(19)23/h6-12,14,26H,5,13,15H2,1-4H3,(H,31,32)/t26-/m0/s1. The monoisotopic (exact) mass is 456 g/mol. The van der Waals surface area contributed by atoms with Crippen LogP contribution in [0.2, 0.25) is 0 Å². The van der Waals surface area contributed by atoms with Crippen LogP contribution in [0.1, 0.15) is 50.1 Å². The van der Waals surface area contributed by atoms with Crippen molar-refractivity contribution >= 4 is 27.8 Å². The Hall–Kier alpha value is -3.51. The van der Waals surface area contributed by atoms with Crippen molar-refractivity contribution in [3.63, 3.8) is 0 Å². The Morgan fingerprint density at radius 3 is 2.76 bits per heavy atom. The average molecular weight is 457 g/mol. The van der Waals surface area contributed by atoms with Crippen LogP contribution < -0.4 is 4.74 Å². The number of aliphatic carboxylic acids is 1. The van der Waals surface area contributed by atoms with Gasteiger partial charge in [0.1, 0.15) is 5.75 Å². The molecule has 0 fully saturated rings. The first-order chi connectivity index (χ1) is 16.3. The molecule has 0 saturated carbocycles. The Balaban J connectivity index is 1.88. The molecule has 3 heterocycles. The molecular formula is C28H28N2O4. The highest BCUT2D eigenvalue weighted by Gasteiger charge is 2.34. The number of carbonyl (C=O) groups is 1. The number of benzene rings is 2. The van der Waals surface area contributed by atoms with Crippen LogP contribution in [0, 0.1) is 6.92 Å². The largest absolute Gasteiger partial charge is 0.493 e. The van der Waals surface area contributed by atoms with E-state index in [2.05, 4.69) is 0 Å². The minimum atomic E-state index is -1.18. The molecule has 2 aromatic carbocycles. The maximum atomic E-state index is 12.6. The van der Waals surface area contributed by atoms with Gasteiger partial charge in [-0.1, -0.05) is 25.1 Å². The molecule has 4 aromatic rings. The lowest BCUT2D eigenvalue weighted by Gasteiger charge is -2.30. The van der Waals surface area contributed by atoms with E-state index >= 15 is 0 Å². The van der Waals surface area contributed by atoms with Gasteiger partial charge in [-0.15, -0.1) is 0 Å². The van der Waals surface area contributed by atoms with Crippen molar-refractivity contribution in [2.24, 2.45) is 0 Å². The zero-order valence-corrected chi connectivity index (χ0v) is 19.9. The van der Waals surface area contributed by atoms with E-state index in [1.165, 1.54) is 5.56 Å². The molecule has 0 saturated heterocycles. The molecule has 6 heteroatoms. The summed E-state index contributed by atoms with van der Waals surface area (Å²) < 4.78 is 12.2. The lowest BCUT2D eigenvalue weighted by atomic mass is 9.88. The van der Waals surface area contributed by atoms with E-state index < -0.39 is 17.7 Å². The van der Waals surface area contributed by atoms with Crippen molar-refractivity contribution in [3.8, 4) is 16.9 Å². The number of hydrogen-bond donors (Lipinski definition) is 1. The molecule has 1 aliphatic heterocycles. The summed E-state index contributed by atoms with van der Waals surface area (Å²) in [6.45, 7) is 8.29. The molecule has 0 bridgehead atoms. The Morgan fingerprint density at radius 2 is 2.00 bits per heavy atom. The molecule has 0 unspecified atom stereocenters. The topological polar surface area (TPSA) is 81.5 Å². The van der Waals surface area contributed by atoms with Crippen molar-refractivity contribution < 1.29 is 19.4 Å². The number of nitrogens with zero attached hydrogens (tertiary/aromatic N) is 2. The summed E-state index contributed by atoms with van der Waals surface area (Å²) in [6.07, 6.45) is 2.12. The second-order valence-electron chi connectivity index (χ2n) is 9.36. The molecule has 1 aliphatic rings. The van der Waals surface area contributed by atoms with E-state index in [1.54, 1.807) is 0 Å². The van der Waals surface area contributed by atoms with E-state index in [1.807, 2.05) is 76.4 Å². The fraction of sp³-hybridized carbons (Fsp3) is 0.321. The van der Waals surface area contributed by atoms with E-state index in [9.17, 15) is 9.90 Å². The van der Waals surface area contributed by atoms with Gasteiger partial charge in [-0.2, -0.15) is 0 Å². The minimum absolute atomic E-state index is 0.562. The summed E-state index contributed by atoms with van der Waals surface area (Å²) in [6, 6.07) is 13.8. The van der Waals surface area contributed by atoms with Crippen molar-refractivity contribution in [2.45, 2.75) is 52.2 Å². The first-order valence-corrected chi connectivity index (χ1v) is 11.6. The number of carboxylic acids is 1. The van der Waals surface area contributed by atoms with Gasteiger partial charge in [0.05, 0.1) is 23.2 Å². The molecule has 0 spiro atoms. The van der Waals surface area contributed by atoms with Gasteiger partial charge < -0.3 is 14.6 Å². The zero-order chi connectivity index (χ0) is 24.0. The number of para-hydroxylation sites is 1. The van der Waals surface area contributed by atoms with Crippen LogP contribution in [0.15, 0.2) is 48.7 Å². The quantitative estimate of drug-likeness (QED) is 0.382. The van der Waals surface area contributed by atoms with E-state index in [0.29, 0.717) is 24.3 Å². The fourth-order valence-corrected chi connectivity index (χ4v) is 4.70. The molecule has 0 radical (unpaired) electrons. The van der Waals surface area contributed by atoms with Gasteiger partial charge in [-0.3, -0.25) is 9.97 Å². The number of aryl methyl sites for hydroxylation is 1. The Kier molecular flexibility index (Phi) is 5.48. The number of hydrogen-bond acceptors (Lipinski definition) is 5. The number of aromatic nitrogens is 2. The van der Waals surface area contributed by atoms with Crippen LogP contribution >= 0.6 is 0 Å². The Labute approximate surface area is 198 Å². The number of carboxylic acid groups (broad SMARTS) is 1. The Bertz CT molecular complexity index is 1420. The van der Waals surface area contributed by atoms with Crippen LogP contribution in [-0.2, 0) is 16.0 Å². The van der Waals surface area contributed by atoms with Crippen LogP contribution in [0.5, 0.6) is 5.75 Å². The predicted octanol–water partition coefficient (Wildman–Crippen LogP) is 6.02. The molecule has 6 nitrogen and oxygen atoms in total. The molecule has 1 N–H and O–H groups in total. The average Bonchev–Trinajstić information content (AvgIpc) is 2.83. The third-order valence-electron chi connectivity index (χ3n) is 6.73. The van der Waals surface area contributed by atoms with Crippen LogP contribution in [0.25, 0.3) is 32.9 Å². The van der Waals surface area contributed by atoms with Gasteiger partial charge in [0.2, 0.25) is 0 Å². The zero-order valence-electron chi connectivity index (χ0n) is 19.9. The lowest BCUT2D eigenvalue weighted by Crippen LogP contribution is -2.30. The summed E-state index contributed by atoms with van der Waals surface area (Å²) in [4.78, 5) is 22.1. The van der Waals surface area contributed by atoms with Gasteiger partial charge in [-0.05, 0) is 57.0 Å². The fourth-order valence-electron chi connectivity index (χ4n) is 4.70. The molecule has 0 amide bonds. The van der Waals surface area contributed by atoms with Crippen LogP contribution in [-0.4, -0.2) is 33.3 Å². The van der Waals surface area contributed by atoms with Gasteiger partial charge in [0.25, 0.3) is 0 Å². The smallest absolute Gasteiger partial charge is 0.337 e. The van der Waals surface area contributed by atoms with Gasteiger partial charge >= 0.3 is 5.97 Å². The van der Waals surface area contributed by atoms with Gasteiger partial charge in [0.15, 0.2) is 6.10 Å². The highest BCUT2D eigenvalue weighted by molar-refractivity contribution is 6.07. The summed E-state index contributed by atoms with van der Waals surface area (Å²) in [5.41, 5.74) is 5.00. The molecule has 5 rings (SSSR count). The van der Waals surface area contributed by atoms with Crippen molar-refractivity contribution in [1.82, 2.24) is 9.97 Å². The highest BCUT2D eigenvalue weighted by Crippen LogP contribution is 2.44. The van der Waals surface area contributed by atoms with Crippen molar-refractivity contribution in [1.29, 1.82) is 0 Å². The first kappa shape index (κ1) is 22.3. The first-order valence-electron chi connectivity index (χ1n) is 11.6. The van der Waals surface area contributed by atoms with E-state index in [0.717, 1.165) is 45.1 Å². The van der Waals surface area contributed by atoms with E-state index in [4.69, 9.17) is 19.4 Å². The van der Waals surface area contributed by atoms with Crippen molar-refractivity contribution in [3.05, 3.63) is 65.5 Å². The lowest BCUT2D eigenvalue weighted by molar-refractivity contribution is -0.162. The van der Waals surface area contributed by atoms with E-state index in [-0.39, 0.29) is 0 Å². The minimum Gasteiger partial charge on any atom is -0.493 e. The summed E-state index contributed by atoms with van der Waals surface area (Å²) in [7, 11) is 0. The Morgan fingerprint density at radius 1 is 1.21 bits per heavy atom. The number of ether oxygens (including phenoxy) is 2. The summed E-state index contributed by atoms with van der Waals surface area (Å²) in [5.74, 6) is -0.232. The highest BCUT2D eigenvalue weighted by atomic mass is 16.5.